The number of nitriles is 1. The van der Waals surface area contributed by atoms with E-state index in [9.17, 15) is 0 Å². The average Bonchev–Trinajstić information content (AvgIpc) is 2.26. The predicted octanol–water partition coefficient (Wildman–Crippen LogP) is 3.41. The molecule has 0 aromatic heterocycles. The van der Waals surface area contributed by atoms with E-state index in [1.807, 2.05) is 0 Å². The van der Waals surface area contributed by atoms with Gasteiger partial charge >= 0.3 is 0 Å². The Morgan fingerprint density at radius 1 is 1.13 bits per heavy atom. The van der Waals surface area contributed by atoms with Gasteiger partial charge in [-0.05, 0) is 25.9 Å². The maximum atomic E-state index is 8.48. The summed E-state index contributed by atoms with van der Waals surface area (Å²) in [5.41, 5.74) is 0.672. The Bertz CT molecular complexity index is 191. The second kappa shape index (κ2) is 11.3. The molecule has 0 bridgehead atoms. The molecular formula is C13H24N2. The van der Waals surface area contributed by atoms with Crippen molar-refractivity contribution in [3.8, 4) is 6.07 Å². The fraction of sp³-hybridized carbons (Fsp3) is 0.769. The van der Waals surface area contributed by atoms with Gasteiger partial charge in [0.05, 0.1) is 6.07 Å². The first kappa shape index (κ1) is 14.2. The van der Waals surface area contributed by atoms with E-state index in [1.54, 1.807) is 0 Å². The van der Waals surface area contributed by atoms with E-state index in [-0.39, 0.29) is 0 Å². The van der Waals surface area contributed by atoms with Gasteiger partial charge in [-0.2, -0.15) is 5.26 Å². The van der Waals surface area contributed by atoms with E-state index in [1.165, 1.54) is 38.5 Å². The quantitative estimate of drug-likeness (QED) is 0.441. The molecule has 2 nitrogen and oxygen atoms in total. The minimum Gasteiger partial charge on any atom is -0.316 e. The lowest BCUT2D eigenvalue weighted by atomic mass is 10.1. The Hall–Kier alpha value is -0.810. The van der Waals surface area contributed by atoms with Crippen molar-refractivity contribution in [1.29, 1.82) is 5.26 Å². The van der Waals surface area contributed by atoms with Gasteiger partial charge in [0.25, 0.3) is 0 Å². The third-order valence-corrected chi connectivity index (χ3v) is 2.47. The summed E-state index contributed by atoms with van der Waals surface area (Å²) in [6.07, 6.45) is 8.79. The van der Waals surface area contributed by atoms with E-state index in [0.29, 0.717) is 5.57 Å². The fourth-order valence-corrected chi connectivity index (χ4v) is 1.45. The van der Waals surface area contributed by atoms with E-state index in [4.69, 9.17) is 5.26 Å². The summed E-state index contributed by atoms with van der Waals surface area (Å²) in [6.45, 7) is 7.84. The zero-order valence-corrected chi connectivity index (χ0v) is 10.0. The van der Waals surface area contributed by atoms with Gasteiger partial charge < -0.3 is 5.32 Å². The highest BCUT2D eigenvalue weighted by Crippen LogP contribution is 2.04. The molecule has 0 radical (unpaired) electrons. The average molecular weight is 208 g/mol. The summed E-state index contributed by atoms with van der Waals surface area (Å²) in [5.74, 6) is 0. The van der Waals surface area contributed by atoms with E-state index in [2.05, 4.69) is 24.9 Å². The van der Waals surface area contributed by atoms with Gasteiger partial charge in [-0.3, -0.25) is 0 Å². The minimum atomic E-state index is 0.672. The van der Waals surface area contributed by atoms with E-state index in [0.717, 1.165) is 19.5 Å². The standard InChI is InChI=1S/C13H24N2/c1-3-4-5-6-7-8-10-15-11-9-13(2)12-14/h15H,2-11H2,1H3. The second-order valence-corrected chi connectivity index (χ2v) is 3.98. The predicted molar refractivity (Wildman–Crippen MR) is 65.6 cm³/mol. The molecule has 0 aliphatic carbocycles. The van der Waals surface area contributed by atoms with Crippen LogP contribution in [0.4, 0.5) is 0 Å². The van der Waals surface area contributed by atoms with Crippen molar-refractivity contribution < 1.29 is 0 Å². The number of rotatable bonds is 10. The van der Waals surface area contributed by atoms with Gasteiger partial charge in [0, 0.05) is 5.57 Å². The monoisotopic (exact) mass is 208 g/mol. The summed E-state index contributed by atoms with van der Waals surface area (Å²) in [4.78, 5) is 0. The Balaban J connectivity index is 2.99. The van der Waals surface area contributed by atoms with Crippen LogP contribution in [0.15, 0.2) is 12.2 Å². The Labute approximate surface area is 94.4 Å². The second-order valence-electron chi connectivity index (χ2n) is 3.98. The van der Waals surface area contributed by atoms with Crippen molar-refractivity contribution in [2.24, 2.45) is 0 Å². The molecule has 0 aromatic carbocycles. The van der Waals surface area contributed by atoms with Gasteiger partial charge in [-0.15, -0.1) is 0 Å². The third kappa shape index (κ3) is 11.1. The van der Waals surface area contributed by atoms with Crippen LogP contribution in [0.2, 0.25) is 0 Å². The summed E-state index contributed by atoms with van der Waals surface area (Å²) in [6, 6.07) is 2.06. The van der Waals surface area contributed by atoms with Crippen molar-refractivity contribution in [1.82, 2.24) is 5.32 Å². The Morgan fingerprint density at radius 3 is 2.47 bits per heavy atom. The maximum Gasteiger partial charge on any atom is 0.0941 e. The molecule has 1 N–H and O–H groups in total. The first-order chi connectivity index (χ1) is 7.31. The number of hydrogen-bond donors (Lipinski definition) is 1. The van der Waals surface area contributed by atoms with Crippen LogP contribution >= 0.6 is 0 Å². The molecule has 0 amide bonds. The molecule has 0 atom stereocenters. The van der Waals surface area contributed by atoms with Crippen LogP contribution in [0.25, 0.3) is 0 Å². The maximum absolute atomic E-state index is 8.48. The molecule has 0 aliphatic rings. The van der Waals surface area contributed by atoms with Crippen molar-refractivity contribution in [3.63, 3.8) is 0 Å². The number of unbranched alkanes of at least 4 members (excludes halogenated alkanes) is 5. The summed E-state index contributed by atoms with van der Waals surface area (Å²) in [7, 11) is 0. The van der Waals surface area contributed by atoms with Crippen molar-refractivity contribution in [3.05, 3.63) is 12.2 Å². The summed E-state index contributed by atoms with van der Waals surface area (Å²) in [5, 5.41) is 11.8. The Morgan fingerprint density at radius 2 is 1.80 bits per heavy atom. The van der Waals surface area contributed by atoms with Crippen molar-refractivity contribution >= 4 is 0 Å². The van der Waals surface area contributed by atoms with Crippen LogP contribution in [0.3, 0.4) is 0 Å². The number of nitrogens with one attached hydrogen (secondary N) is 1. The van der Waals surface area contributed by atoms with Gasteiger partial charge in [0.1, 0.15) is 0 Å². The molecule has 0 saturated heterocycles. The van der Waals surface area contributed by atoms with Crippen LogP contribution < -0.4 is 5.32 Å². The SMILES string of the molecule is C=C(C#N)CCNCCCCCCCC. The van der Waals surface area contributed by atoms with E-state index < -0.39 is 0 Å². The van der Waals surface area contributed by atoms with Gasteiger partial charge in [-0.1, -0.05) is 45.6 Å². The highest BCUT2D eigenvalue weighted by molar-refractivity contribution is 5.15. The van der Waals surface area contributed by atoms with Crippen LogP contribution in [-0.2, 0) is 0 Å². The molecule has 86 valence electrons. The lowest BCUT2D eigenvalue weighted by molar-refractivity contribution is 0.573. The molecule has 0 unspecified atom stereocenters. The van der Waals surface area contributed by atoms with Crippen LogP contribution in [0.5, 0.6) is 0 Å². The van der Waals surface area contributed by atoms with Crippen LogP contribution in [0, 0.1) is 11.3 Å². The molecule has 2 heteroatoms. The normalized spacial score (nSPS) is 9.87. The topological polar surface area (TPSA) is 35.8 Å². The molecule has 0 aromatic rings. The highest BCUT2D eigenvalue weighted by Gasteiger charge is 1.92. The number of nitrogens with zero attached hydrogens (tertiary/aromatic N) is 1. The van der Waals surface area contributed by atoms with Crippen LogP contribution in [0.1, 0.15) is 51.9 Å². The largest absolute Gasteiger partial charge is 0.316 e. The zero-order chi connectivity index (χ0) is 11.4. The summed E-state index contributed by atoms with van der Waals surface area (Å²) < 4.78 is 0. The van der Waals surface area contributed by atoms with Gasteiger partial charge in [-0.25, -0.2) is 0 Å². The van der Waals surface area contributed by atoms with Crippen molar-refractivity contribution in [2.75, 3.05) is 13.1 Å². The van der Waals surface area contributed by atoms with Gasteiger partial charge in [0.15, 0.2) is 0 Å². The van der Waals surface area contributed by atoms with E-state index >= 15 is 0 Å². The molecule has 15 heavy (non-hydrogen) atoms. The molecule has 0 fully saturated rings. The Kier molecular flexibility index (Phi) is 10.7. The smallest absolute Gasteiger partial charge is 0.0941 e. The fourth-order valence-electron chi connectivity index (χ4n) is 1.45. The molecule has 0 spiro atoms. The first-order valence-corrected chi connectivity index (χ1v) is 6.09. The van der Waals surface area contributed by atoms with Gasteiger partial charge in [0.2, 0.25) is 0 Å². The minimum absolute atomic E-state index is 0.672. The van der Waals surface area contributed by atoms with Crippen LogP contribution in [-0.4, -0.2) is 13.1 Å². The third-order valence-electron chi connectivity index (χ3n) is 2.47. The van der Waals surface area contributed by atoms with Crippen molar-refractivity contribution in [2.45, 2.75) is 51.9 Å². The molecule has 0 rings (SSSR count). The lowest BCUT2D eigenvalue weighted by Crippen LogP contribution is -2.16. The highest BCUT2D eigenvalue weighted by atomic mass is 14.8. The zero-order valence-electron chi connectivity index (χ0n) is 10.0. The molecule has 0 aliphatic heterocycles. The molecule has 0 saturated carbocycles. The lowest BCUT2D eigenvalue weighted by Gasteiger charge is -2.03. The molecular weight excluding hydrogens is 184 g/mol. The molecule has 0 heterocycles. The summed E-state index contributed by atoms with van der Waals surface area (Å²) >= 11 is 0. The first-order valence-electron chi connectivity index (χ1n) is 6.09. The number of hydrogen-bond acceptors (Lipinski definition) is 2.